The number of benzene rings is 6. The number of fused-ring (bicyclic) bond motifs is 3. The van der Waals surface area contributed by atoms with Crippen LogP contribution in [-0.2, 0) is 27.1 Å². The quantitative estimate of drug-likeness (QED) is 0.0802. The SMILES string of the molecule is CC12CC3CC(C)(C1)CC(c1cc4c(cc1C15CC6CC(C)(CC(C)(C6)C1)C5)C(c1ccc(Oc5ccc(N)c(O)c5)cc1)(c1ccc(Oc5ccc(N)c(O)c5)cc1)c1cc(C56CC7CC(C)(CC(C)(C7)C5)C6)c(C56CC7CC(C)(CC(C)(C7)C5)C6)cc1-4)(C3)C2. The zero-order valence-electron chi connectivity index (χ0n) is 56.0. The summed E-state index contributed by atoms with van der Waals surface area (Å²) in [7, 11) is 0. The number of phenols is 2. The van der Waals surface area contributed by atoms with Crippen LogP contribution < -0.4 is 20.9 Å². The normalized spacial score (nSPS) is 43.1. The first-order chi connectivity index (χ1) is 43.0. The van der Waals surface area contributed by atoms with Crippen LogP contribution >= 0.6 is 0 Å². The highest BCUT2D eigenvalue weighted by molar-refractivity contribution is 5.89. The molecular weight excluding hydrogens is 1110 g/mol. The third-order valence-electron chi connectivity index (χ3n) is 29.3. The Morgan fingerprint density at radius 1 is 0.297 bits per heavy atom. The highest BCUT2D eigenvalue weighted by Crippen LogP contribution is 2.78. The standard InChI is InChI=1S/C85H100N2O4/c1-73-27-51-28-74(2,39-73)44-81(35-51,43-73)65-23-61-62-24-66(82-36-52-29-75(3,45-82)40-76(4,30-52)46-82)68(84-38-54-33-79(7,49-84)42-80(8,34-54)50-84)26-64(62)85(55-9-13-57(14-10-55)90-59-17-19-69(86)71(88)21-59,56-11-15-58(16-12-56)91-60-18-20-70(87)72(89)22-60)63(61)25-67(65)83-37-53-31-77(5,47-83)41-78(6,32-53)48-83/h9-26,51-54,88-89H,27-50,86-87H2,1-8H3. The highest BCUT2D eigenvalue weighted by Gasteiger charge is 2.68. The molecule has 17 aliphatic rings. The molecular formula is C85H100N2O4. The number of phenolic OH excluding ortho intramolecular Hbond substituents is 2. The zero-order valence-corrected chi connectivity index (χ0v) is 56.0. The lowest BCUT2D eigenvalue weighted by Gasteiger charge is -2.68. The van der Waals surface area contributed by atoms with Gasteiger partial charge in [-0.05, 0) is 359 Å². The number of hydrogen-bond acceptors (Lipinski definition) is 6. The van der Waals surface area contributed by atoms with E-state index in [-0.39, 0.29) is 33.2 Å². The first kappa shape index (κ1) is 56.6. The van der Waals surface area contributed by atoms with E-state index in [1.54, 1.807) is 46.5 Å². The number of nitrogens with two attached hydrogens (primary N) is 2. The molecule has 0 spiro atoms. The summed E-state index contributed by atoms with van der Waals surface area (Å²) in [5.41, 5.74) is 30.9. The second-order valence-corrected chi connectivity index (χ2v) is 39.0. The van der Waals surface area contributed by atoms with Crippen LogP contribution in [0.5, 0.6) is 34.5 Å². The molecule has 6 aromatic carbocycles. The van der Waals surface area contributed by atoms with Crippen molar-refractivity contribution in [2.75, 3.05) is 11.5 Å². The van der Waals surface area contributed by atoms with Crippen LogP contribution in [-0.4, -0.2) is 10.2 Å². The summed E-state index contributed by atoms with van der Waals surface area (Å²) in [4.78, 5) is 0. The van der Waals surface area contributed by atoms with E-state index in [0.29, 0.717) is 66.2 Å². The van der Waals surface area contributed by atoms with E-state index in [9.17, 15) is 10.2 Å². The summed E-state index contributed by atoms with van der Waals surface area (Å²) >= 11 is 0. The monoisotopic (exact) mass is 1210 g/mol. The number of hydrogen-bond donors (Lipinski definition) is 4. The Morgan fingerprint density at radius 2 is 0.549 bits per heavy atom. The molecule has 23 rings (SSSR count). The van der Waals surface area contributed by atoms with Gasteiger partial charge in [-0.25, -0.2) is 0 Å². The maximum absolute atomic E-state index is 10.8. The fourth-order valence-corrected chi connectivity index (χ4v) is 30.9. The molecule has 0 radical (unpaired) electrons. The number of ether oxygens (including phenoxy) is 2. The van der Waals surface area contributed by atoms with Crippen molar-refractivity contribution < 1.29 is 19.7 Å². The molecule has 8 atom stereocenters. The maximum Gasteiger partial charge on any atom is 0.142 e. The van der Waals surface area contributed by atoms with Crippen LogP contribution in [0.3, 0.4) is 0 Å². The van der Waals surface area contributed by atoms with Crippen LogP contribution in [0.2, 0.25) is 0 Å². The highest BCUT2D eigenvalue weighted by atomic mass is 16.5. The van der Waals surface area contributed by atoms with Crippen molar-refractivity contribution in [1.82, 2.24) is 0 Å². The van der Waals surface area contributed by atoms with Crippen LogP contribution in [0.1, 0.15) is 254 Å². The number of anilines is 2. The van der Waals surface area contributed by atoms with Gasteiger partial charge in [0.2, 0.25) is 0 Å². The molecule has 91 heavy (non-hydrogen) atoms. The molecule has 0 aromatic heterocycles. The van der Waals surface area contributed by atoms with Crippen molar-refractivity contribution in [2.24, 2.45) is 67.0 Å². The van der Waals surface area contributed by atoms with Gasteiger partial charge in [0.25, 0.3) is 0 Å². The van der Waals surface area contributed by atoms with Gasteiger partial charge < -0.3 is 31.2 Å². The summed E-state index contributed by atoms with van der Waals surface area (Å²) in [6, 6.07) is 40.9. The third-order valence-corrected chi connectivity index (χ3v) is 29.3. The van der Waals surface area contributed by atoms with Crippen LogP contribution in [0, 0.1) is 67.0 Å². The predicted molar refractivity (Wildman–Crippen MR) is 365 cm³/mol. The van der Waals surface area contributed by atoms with Crippen LogP contribution in [0.15, 0.2) is 109 Å². The largest absolute Gasteiger partial charge is 0.506 e. The molecule has 16 bridgehead atoms. The van der Waals surface area contributed by atoms with Gasteiger partial charge in [-0.3, -0.25) is 0 Å². The van der Waals surface area contributed by atoms with Crippen molar-refractivity contribution >= 4 is 11.4 Å². The van der Waals surface area contributed by atoms with E-state index >= 15 is 0 Å². The Morgan fingerprint density at radius 3 is 0.802 bits per heavy atom. The Kier molecular flexibility index (Phi) is 10.9. The molecule has 6 aromatic rings. The van der Waals surface area contributed by atoms with Crippen molar-refractivity contribution in [3.8, 4) is 45.6 Å². The Balaban J connectivity index is 0.921. The molecule has 6 nitrogen and oxygen atoms in total. The second-order valence-electron chi connectivity index (χ2n) is 39.0. The minimum absolute atomic E-state index is 0.0238. The average Bonchev–Trinajstić information content (AvgIpc) is 1.57. The molecule has 6 heteroatoms. The van der Waals surface area contributed by atoms with Crippen molar-refractivity contribution in [3.63, 3.8) is 0 Å². The molecule has 16 saturated carbocycles. The van der Waals surface area contributed by atoms with Gasteiger partial charge in [0.05, 0.1) is 16.8 Å². The average molecular weight is 1210 g/mol. The van der Waals surface area contributed by atoms with Crippen LogP contribution in [0.25, 0.3) is 11.1 Å². The lowest BCUT2D eigenvalue weighted by molar-refractivity contribution is -0.118. The first-order valence-electron chi connectivity index (χ1n) is 36.1. The lowest BCUT2D eigenvalue weighted by atomic mass is 9.36. The molecule has 0 saturated heterocycles. The zero-order chi connectivity index (χ0) is 62.3. The van der Waals surface area contributed by atoms with Gasteiger partial charge in [-0.2, -0.15) is 0 Å². The summed E-state index contributed by atoms with van der Waals surface area (Å²) in [6.07, 6.45) is 32.3. The molecule has 16 fully saturated rings. The van der Waals surface area contributed by atoms with E-state index in [1.165, 1.54) is 187 Å². The van der Waals surface area contributed by atoms with Gasteiger partial charge in [-0.15, -0.1) is 0 Å². The summed E-state index contributed by atoms with van der Waals surface area (Å²) in [5.74, 6) is 5.67. The molecule has 0 aliphatic heterocycles. The van der Waals surface area contributed by atoms with Gasteiger partial charge in [0.1, 0.15) is 34.5 Å². The van der Waals surface area contributed by atoms with Gasteiger partial charge in [0, 0.05) is 12.1 Å². The smallest absolute Gasteiger partial charge is 0.142 e. The van der Waals surface area contributed by atoms with Crippen LogP contribution in [0.4, 0.5) is 11.4 Å². The molecule has 0 amide bonds. The third kappa shape index (κ3) is 8.13. The maximum atomic E-state index is 10.8. The van der Waals surface area contributed by atoms with E-state index in [1.807, 2.05) is 12.1 Å². The summed E-state index contributed by atoms with van der Waals surface area (Å²) in [5, 5.41) is 21.6. The second kappa shape index (κ2) is 17.5. The number of rotatable bonds is 10. The van der Waals surface area contributed by atoms with E-state index in [0.717, 1.165) is 35.2 Å². The van der Waals surface area contributed by atoms with Crippen molar-refractivity contribution in [2.45, 2.75) is 237 Å². The molecule has 6 N–H and O–H groups in total. The lowest BCUT2D eigenvalue weighted by Crippen LogP contribution is -2.59. The molecule has 17 aliphatic carbocycles. The van der Waals surface area contributed by atoms with E-state index < -0.39 is 5.41 Å². The van der Waals surface area contributed by atoms with Crippen molar-refractivity contribution in [1.29, 1.82) is 0 Å². The fraction of sp³-hybridized carbons (Fsp3) is 0.576. The number of nitrogen functional groups attached to an aromatic ring is 2. The molecule has 0 heterocycles. The number of aromatic hydroxyl groups is 2. The first-order valence-corrected chi connectivity index (χ1v) is 36.1. The van der Waals surface area contributed by atoms with Gasteiger partial charge in [0.15, 0.2) is 0 Å². The van der Waals surface area contributed by atoms with Gasteiger partial charge in [-0.1, -0.05) is 91.8 Å². The van der Waals surface area contributed by atoms with E-state index in [2.05, 4.69) is 128 Å². The van der Waals surface area contributed by atoms with Crippen molar-refractivity contribution in [3.05, 3.63) is 154 Å². The Bertz CT molecular complexity index is 3800. The summed E-state index contributed by atoms with van der Waals surface area (Å²) < 4.78 is 13.4. The predicted octanol–water partition coefficient (Wildman–Crippen LogP) is 21.2. The van der Waals surface area contributed by atoms with Gasteiger partial charge >= 0.3 is 0 Å². The Labute approximate surface area is 542 Å². The summed E-state index contributed by atoms with van der Waals surface area (Å²) in [6.45, 7) is 21.8. The minimum Gasteiger partial charge on any atom is -0.506 e. The van der Waals surface area contributed by atoms with E-state index in [4.69, 9.17) is 20.9 Å². The minimum atomic E-state index is -0.730. The molecule has 474 valence electrons. The Hall–Kier alpha value is -5.88. The topological polar surface area (TPSA) is 111 Å². The molecule has 8 unspecified atom stereocenters. The fourth-order valence-electron chi connectivity index (χ4n) is 30.9.